The molecule has 1 aliphatic rings. The first-order valence-electron chi connectivity index (χ1n) is 10.7. The van der Waals surface area contributed by atoms with Crippen molar-refractivity contribution in [3.05, 3.63) is 63.2 Å². The molecule has 0 radical (unpaired) electrons. The largest absolute Gasteiger partial charge is 0.497 e. The maximum absolute atomic E-state index is 13.1. The van der Waals surface area contributed by atoms with E-state index in [2.05, 4.69) is 10.3 Å². The number of nitrogens with one attached hydrogen (secondary N) is 3. The fourth-order valence-electron chi connectivity index (χ4n) is 3.88. The molecule has 0 spiro atoms. The number of aromatic amines is 1. The number of rotatable bonds is 7. The maximum Gasteiger partial charge on any atom is 0.266 e. The fraction of sp³-hybridized carbons (Fsp3) is 0.348. The topological polar surface area (TPSA) is 89.8 Å². The van der Waals surface area contributed by atoms with Crippen LogP contribution in [0, 0.1) is 4.77 Å². The minimum Gasteiger partial charge on any atom is -0.497 e. The zero-order valence-electron chi connectivity index (χ0n) is 18.0. The van der Waals surface area contributed by atoms with Gasteiger partial charge in [-0.25, -0.2) is 0 Å². The molecule has 1 amide bonds. The second kappa shape index (κ2) is 10.1. The lowest BCUT2D eigenvalue weighted by atomic mass is 10.1. The summed E-state index contributed by atoms with van der Waals surface area (Å²) in [6.45, 7) is 5.27. The Kier molecular flexibility index (Phi) is 6.99. The lowest BCUT2D eigenvalue weighted by Crippen LogP contribution is -3.14. The van der Waals surface area contributed by atoms with Gasteiger partial charge in [0.15, 0.2) is 4.77 Å². The first-order valence-corrected chi connectivity index (χ1v) is 11.1. The van der Waals surface area contributed by atoms with E-state index in [1.165, 1.54) is 9.47 Å². The number of aromatic nitrogens is 2. The number of methoxy groups -OCH3 is 1. The van der Waals surface area contributed by atoms with E-state index in [-0.39, 0.29) is 16.2 Å². The molecule has 0 unspecified atom stereocenters. The quantitative estimate of drug-likeness (QED) is 0.367. The number of H-pyrrole nitrogens is 1. The average molecular weight is 456 g/mol. The molecule has 3 N–H and O–H groups in total. The van der Waals surface area contributed by atoms with Crippen LogP contribution in [0.5, 0.6) is 5.75 Å². The van der Waals surface area contributed by atoms with Crippen molar-refractivity contribution in [2.75, 3.05) is 46.5 Å². The number of amides is 1. The van der Waals surface area contributed by atoms with Crippen molar-refractivity contribution in [2.24, 2.45) is 0 Å². The third kappa shape index (κ3) is 4.90. The van der Waals surface area contributed by atoms with Crippen LogP contribution in [0.1, 0.15) is 16.8 Å². The van der Waals surface area contributed by atoms with Crippen molar-refractivity contribution >= 4 is 29.0 Å². The normalized spacial score (nSPS) is 14.4. The summed E-state index contributed by atoms with van der Waals surface area (Å²) in [4.78, 5) is 30.3. The van der Waals surface area contributed by atoms with Crippen LogP contribution >= 0.6 is 12.2 Å². The van der Waals surface area contributed by atoms with Crippen LogP contribution in [0.15, 0.2) is 47.3 Å². The molecule has 168 valence electrons. The first-order chi connectivity index (χ1) is 15.6. The molecule has 0 atom stereocenters. The van der Waals surface area contributed by atoms with Crippen LogP contribution in [0.25, 0.3) is 16.6 Å². The molecule has 4 rings (SSSR count). The highest BCUT2D eigenvalue weighted by molar-refractivity contribution is 7.71. The number of nitrogens with zero attached hydrogens (tertiary/aromatic N) is 1. The summed E-state index contributed by atoms with van der Waals surface area (Å²) in [5, 5.41) is 3.42. The standard InChI is InChI=1S/C23H26N4O4S/c1-30-18-6-4-17(5-7-18)27-22(29)19-8-3-16(15-20(19)25-23(27)32)21(28)24-9-2-10-26-11-13-31-14-12-26/h3-8,15H,2,9-14H2,1H3,(H,24,28)(H,25,32)/p+1. The predicted molar refractivity (Wildman–Crippen MR) is 125 cm³/mol. The summed E-state index contributed by atoms with van der Waals surface area (Å²) in [7, 11) is 1.59. The molecular weight excluding hydrogens is 428 g/mol. The summed E-state index contributed by atoms with van der Waals surface area (Å²) < 4.78 is 12.2. The molecular formula is C23H27N4O4S+. The highest BCUT2D eigenvalue weighted by atomic mass is 32.1. The van der Waals surface area contributed by atoms with E-state index in [1.54, 1.807) is 49.6 Å². The molecule has 1 fully saturated rings. The van der Waals surface area contributed by atoms with Gasteiger partial charge in [-0.05, 0) is 54.7 Å². The highest BCUT2D eigenvalue weighted by Gasteiger charge is 2.14. The van der Waals surface area contributed by atoms with Gasteiger partial charge in [-0.2, -0.15) is 0 Å². The second-order valence-corrected chi connectivity index (χ2v) is 8.14. The average Bonchev–Trinajstić information content (AvgIpc) is 2.82. The summed E-state index contributed by atoms with van der Waals surface area (Å²) in [5.74, 6) is 0.530. The number of hydrogen-bond acceptors (Lipinski definition) is 5. The van der Waals surface area contributed by atoms with Crippen molar-refractivity contribution < 1.29 is 19.2 Å². The van der Waals surface area contributed by atoms with Crippen molar-refractivity contribution in [3.8, 4) is 11.4 Å². The zero-order valence-corrected chi connectivity index (χ0v) is 18.8. The number of hydrogen-bond donors (Lipinski definition) is 3. The van der Waals surface area contributed by atoms with Crippen molar-refractivity contribution in [1.82, 2.24) is 14.9 Å². The van der Waals surface area contributed by atoms with Gasteiger partial charge < -0.3 is 24.7 Å². The van der Waals surface area contributed by atoms with Gasteiger partial charge in [0.2, 0.25) is 0 Å². The van der Waals surface area contributed by atoms with E-state index < -0.39 is 0 Å². The molecule has 1 saturated heterocycles. The SMILES string of the molecule is COc1ccc(-n2c(=S)[nH]c3cc(C(=O)NCCC[NH+]4CCOCC4)ccc3c2=O)cc1. The molecule has 2 aromatic carbocycles. The second-order valence-electron chi connectivity index (χ2n) is 7.75. The molecule has 32 heavy (non-hydrogen) atoms. The lowest BCUT2D eigenvalue weighted by molar-refractivity contribution is -0.908. The van der Waals surface area contributed by atoms with Gasteiger partial charge in [0, 0.05) is 18.5 Å². The van der Waals surface area contributed by atoms with E-state index in [1.807, 2.05) is 0 Å². The molecule has 1 aromatic heterocycles. The number of carbonyl (C=O) groups excluding carboxylic acids is 1. The fourth-order valence-corrected chi connectivity index (χ4v) is 4.18. The summed E-state index contributed by atoms with van der Waals surface area (Å²) in [5.41, 5.74) is 1.43. The monoisotopic (exact) mass is 455 g/mol. The van der Waals surface area contributed by atoms with Gasteiger partial charge >= 0.3 is 0 Å². The molecule has 3 aromatic rings. The molecule has 0 bridgehead atoms. The van der Waals surface area contributed by atoms with Gasteiger partial charge in [0.05, 0.1) is 43.5 Å². The Morgan fingerprint density at radius 1 is 1.22 bits per heavy atom. The minimum absolute atomic E-state index is 0.164. The first kappa shape index (κ1) is 22.2. The molecule has 2 heterocycles. The van der Waals surface area contributed by atoms with Gasteiger partial charge in [-0.15, -0.1) is 0 Å². The predicted octanol–water partition coefficient (Wildman–Crippen LogP) is 1.09. The summed E-state index contributed by atoms with van der Waals surface area (Å²) in [6.07, 6.45) is 0.906. The van der Waals surface area contributed by atoms with Crippen molar-refractivity contribution in [1.29, 1.82) is 0 Å². The zero-order chi connectivity index (χ0) is 22.5. The smallest absolute Gasteiger partial charge is 0.266 e. The van der Waals surface area contributed by atoms with Crippen molar-refractivity contribution in [2.45, 2.75) is 6.42 Å². The van der Waals surface area contributed by atoms with E-state index in [0.717, 1.165) is 39.3 Å². The van der Waals surface area contributed by atoms with Crippen molar-refractivity contribution in [3.63, 3.8) is 0 Å². The van der Waals surface area contributed by atoms with Crippen LogP contribution in [-0.4, -0.2) is 62.0 Å². The minimum atomic E-state index is -0.241. The highest BCUT2D eigenvalue weighted by Crippen LogP contribution is 2.16. The van der Waals surface area contributed by atoms with Crippen LogP contribution in [0.4, 0.5) is 0 Å². The molecule has 0 saturated carbocycles. The number of morpholine rings is 1. The van der Waals surface area contributed by atoms with Crippen LogP contribution < -0.4 is 20.5 Å². The Balaban J connectivity index is 1.48. The van der Waals surface area contributed by atoms with Gasteiger partial charge in [0.25, 0.3) is 11.5 Å². The number of quaternary nitrogens is 1. The van der Waals surface area contributed by atoms with Gasteiger partial charge in [-0.3, -0.25) is 14.2 Å². The molecule has 1 aliphatic heterocycles. The van der Waals surface area contributed by atoms with Crippen LogP contribution in [-0.2, 0) is 4.74 Å². The number of ether oxygens (including phenoxy) is 2. The Morgan fingerprint density at radius 2 is 1.97 bits per heavy atom. The molecule has 9 heteroatoms. The number of carbonyl (C=O) groups is 1. The third-order valence-electron chi connectivity index (χ3n) is 5.68. The third-order valence-corrected chi connectivity index (χ3v) is 5.97. The van der Waals surface area contributed by atoms with E-state index in [0.29, 0.717) is 34.4 Å². The maximum atomic E-state index is 13.1. The Hall–Kier alpha value is -3.01. The summed E-state index contributed by atoms with van der Waals surface area (Å²) in [6, 6.07) is 12.1. The number of benzene rings is 2. The van der Waals surface area contributed by atoms with E-state index in [4.69, 9.17) is 21.7 Å². The van der Waals surface area contributed by atoms with E-state index >= 15 is 0 Å². The number of fused-ring (bicyclic) bond motifs is 1. The van der Waals surface area contributed by atoms with Gasteiger partial charge in [-0.1, -0.05) is 0 Å². The molecule has 0 aliphatic carbocycles. The van der Waals surface area contributed by atoms with Gasteiger partial charge in [0.1, 0.15) is 18.8 Å². The van der Waals surface area contributed by atoms with Crippen LogP contribution in [0.2, 0.25) is 0 Å². The van der Waals surface area contributed by atoms with Crippen LogP contribution in [0.3, 0.4) is 0 Å². The Morgan fingerprint density at radius 3 is 2.69 bits per heavy atom. The van der Waals surface area contributed by atoms with E-state index in [9.17, 15) is 9.59 Å². The summed E-state index contributed by atoms with van der Waals surface area (Å²) >= 11 is 5.43. The molecule has 8 nitrogen and oxygen atoms in total. The lowest BCUT2D eigenvalue weighted by Gasteiger charge is -2.23. The Labute approximate surface area is 190 Å². The Bertz CT molecular complexity index is 1210.